The van der Waals surface area contributed by atoms with Crippen molar-refractivity contribution in [1.29, 1.82) is 15.8 Å². The van der Waals surface area contributed by atoms with E-state index < -0.39 is 11.2 Å². The third kappa shape index (κ3) is 15.3. The Kier molecular flexibility index (Phi) is 16.9. The number of rotatable bonds is 7. The van der Waals surface area contributed by atoms with Crippen molar-refractivity contribution in [1.82, 2.24) is 15.1 Å². The SMILES string of the molecule is CC(C)(C)OC(=O)N1CC2(CCC(=O)C2)C1.CC(C)(C)OC(=O)N1CC2(CCC(Nc3cccc(CC#N)c3)C2)C1.N#CCc1cccc(N)c1.N#CCc1cccc(NC2CCC3(CNC3)C2)c1. The van der Waals surface area contributed by atoms with Gasteiger partial charge in [0.15, 0.2) is 0 Å². The molecule has 2 atom stereocenters. The lowest BCUT2D eigenvalue weighted by atomic mass is 9.78. The number of benzene rings is 3. The molecular weight excluding hydrogens is 867 g/mol. The van der Waals surface area contributed by atoms with Gasteiger partial charge in [-0.25, -0.2) is 9.59 Å². The predicted octanol–water partition coefficient (Wildman–Crippen LogP) is 9.57. The van der Waals surface area contributed by atoms with Crippen molar-refractivity contribution in [3.8, 4) is 18.2 Å². The maximum Gasteiger partial charge on any atom is 0.410 e. The van der Waals surface area contributed by atoms with E-state index in [0.717, 1.165) is 66.8 Å². The number of hydrogen-bond acceptors (Lipinski definition) is 12. The van der Waals surface area contributed by atoms with E-state index >= 15 is 0 Å². The second-order valence-electron chi connectivity index (χ2n) is 22.3. The number of amides is 2. The molecule has 69 heavy (non-hydrogen) atoms. The van der Waals surface area contributed by atoms with Crippen LogP contribution in [0.3, 0.4) is 0 Å². The van der Waals surface area contributed by atoms with Crippen LogP contribution in [0, 0.1) is 50.2 Å². The highest BCUT2D eigenvalue weighted by molar-refractivity contribution is 5.82. The van der Waals surface area contributed by atoms with Gasteiger partial charge >= 0.3 is 12.2 Å². The van der Waals surface area contributed by atoms with E-state index in [9.17, 15) is 14.4 Å². The van der Waals surface area contributed by atoms with Crippen molar-refractivity contribution in [2.45, 2.75) is 142 Å². The molecule has 3 aliphatic carbocycles. The van der Waals surface area contributed by atoms with E-state index in [0.29, 0.717) is 74.2 Å². The Labute approximate surface area is 409 Å². The second-order valence-corrected chi connectivity index (χ2v) is 22.3. The zero-order valence-corrected chi connectivity index (χ0v) is 41.7. The first-order valence-electron chi connectivity index (χ1n) is 24.6. The highest BCUT2D eigenvalue weighted by Crippen LogP contribution is 2.47. The summed E-state index contributed by atoms with van der Waals surface area (Å²) in [5, 5.41) is 36.5. The van der Waals surface area contributed by atoms with E-state index in [2.05, 4.69) is 58.4 Å². The summed E-state index contributed by atoms with van der Waals surface area (Å²) in [7, 11) is 0. The number of carbonyl (C=O) groups is 3. The molecule has 3 aromatic rings. The van der Waals surface area contributed by atoms with Crippen molar-refractivity contribution in [3.63, 3.8) is 0 Å². The van der Waals surface area contributed by atoms with Crippen molar-refractivity contribution in [2.24, 2.45) is 16.2 Å². The van der Waals surface area contributed by atoms with Crippen LogP contribution in [0.1, 0.15) is 116 Å². The monoisotopic (exact) mass is 940 g/mol. The molecule has 5 N–H and O–H groups in total. The van der Waals surface area contributed by atoms with Crippen LogP contribution in [-0.4, -0.2) is 90.3 Å². The number of hydrogen-bond donors (Lipinski definition) is 4. The molecule has 3 aromatic carbocycles. The normalized spacial score (nSPS) is 20.9. The number of Topliss-reactive ketones (excluding diaryl/α,β-unsaturated/α-hetero) is 1. The molecule has 2 unspecified atom stereocenters. The third-order valence-electron chi connectivity index (χ3n) is 13.7. The van der Waals surface area contributed by atoms with Gasteiger partial charge in [-0.3, -0.25) is 4.79 Å². The zero-order chi connectivity index (χ0) is 49.9. The fraction of sp³-hybridized carbons (Fsp3) is 0.564. The number of likely N-dealkylation sites (tertiary alicyclic amines) is 2. The summed E-state index contributed by atoms with van der Waals surface area (Å²) in [5.74, 6) is 0.337. The van der Waals surface area contributed by atoms with Crippen LogP contribution < -0.4 is 21.7 Å². The minimum Gasteiger partial charge on any atom is -0.444 e. The van der Waals surface area contributed by atoms with E-state index in [1.54, 1.807) is 11.0 Å². The second kappa shape index (κ2) is 22.4. The van der Waals surface area contributed by atoms with Crippen LogP contribution in [0.15, 0.2) is 72.8 Å². The third-order valence-corrected chi connectivity index (χ3v) is 13.7. The van der Waals surface area contributed by atoms with Crippen LogP contribution in [0.25, 0.3) is 0 Å². The molecule has 3 saturated carbocycles. The maximum absolute atomic E-state index is 12.1. The molecule has 3 aliphatic heterocycles. The van der Waals surface area contributed by atoms with Crippen molar-refractivity contribution in [3.05, 3.63) is 89.5 Å². The number of carbonyl (C=O) groups excluding carboxylic acids is 3. The minimum absolute atomic E-state index is 0.0913. The minimum atomic E-state index is -0.439. The van der Waals surface area contributed by atoms with Crippen LogP contribution in [-0.2, 0) is 33.5 Å². The molecule has 14 heteroatoms. The van der Waals surface area contributed by atoms with Crippen LogP contribution in [0.4, 0.5) is 26.7 Å². The summed E-state index contributed by atoms with van der Waals surface area (Å²) in [6, 6.07) is 31.2. The van der Waals surface area contributed by atoms with Crippen LogP contribution in [0.2, 0.25) is 0 Å². The predicted molar refractivity (Wildman–Crippen MR) is 269 cm³/mol. The summed E-state index contributed by atoms with van der Waals surface area (Å²) in [5.41, 5.74) is 11.6. The summed E-state index contributed by atoms with van der Waals surface area (Å²) < 4.78 is 10.7. The van der Waals surface area contributed by atoms with Gasteiger partial charge in [-0.1, -0.05) is 36.4 Å². The molecule has 3 saturated heterocycles. The first-order chi connectivity index (χ1) is 32.7. The smallest absolute Gasteiger partial charge is 0.410 e. The summed E-state index contributed by atoms with van der Waals surface area (Å²) in [4.78, 5) is 38.5. The lowest BCUT2D eigenvalue weighted by molar-refractivity contribution is -0.119. The van der Waals surface area contributed by atoms with Crippen molar-refractivity contribution in [2.75, 3.05) is 55.6 Å². The first kappa shape index (κ1) is 52.1. The van der Waals surface area contributed by atoms with Gasteiger partial charge in [0, 0.05) is 92.1 Å². The molecule has 0 radical (unpaired) electrons. The lowest BCUT2D eigenvalue weighted by Gasteiger charge is -2.48. The highest BCUT2D eigenvalue weighted by Gasteiger charge is 2.51. The summed E-state index contributed by atoms with van der Waals surface area (Å²) >= 11 is 0. The number of ether oxygens (including phenoxy) is 2. The molecule has 9 rings (SSSR count). The molecule has 0 aromatic heterocycles. The molecule has 14 nitrogen and oxygen atoms in total. The average molecular weight is 940 g/mol. The summed E-state index contributed by atoms with van der Waals surface area (Å²) in [6.07, 6.45) is 10.4. The Morgan fingerprint density at radius 1 is 0.667 bits per heavy atom. The Morgan fingerprint density at radius 3 is 1.49 bits per heavy atom. The highest BCUT2D eigenvalue weighted by atomic mass is 16.6. The van der Waals surface area contributed by atoms with Gasteiger partial charge < -0.3 is 41.0 Å². The number of nitriles is 3. The Bertz CT molecular complexity index is 2390. The van der Waals surface area contributed by atoms with Gasteiger partial charge in [0.1, 0.15) is 17.0 Å². The molecule has 6 aliphatic rings. The molecule has 3 spiro atoms. The van der Waals surface area contributed by atoms with E-state index in [1.807, 2.05) is 88.9 Å². The topological polar surface area (TPSA) is 210 Å². The van der Waals surface area contributed by atoms with Gasteiger partial charge in [0.25, 0.3) is 0 Å². The van der Waals surface area contributed by atoms with Gasteiger partial charge in [-0.15, -0.1) is 0 Å². The fourth-order valence-electron chi connectivity index (χ4n) is 10.4. The van der Waals surface area contributed by atoms with E-state index in [4.69, 9.17) is 31.0 Å². The quantitative estimate of drug-likeness (QED) is 0.163. The number of nitrogens with two attached hydrogens (primary N) is 1. The number of ketones is 1. The molecule has 2 amide bonds. The Hall–Kier alpha value is -6.30. The van der Waals surface area contributed by atoms with Gasteiger partial charge in [0.2, 0.25) is 0 Å². The largest absolute Gasteiger partial charge is 0.444 e. The van der Waals surface area contributed by atoms with Crippen LogP contribution in [0.5, 0.6) is 0 Å². The van der Waals surface area contributed by atoms with Crippen molar-refractivity contribution < 1.29 is 23.9 Å². The number of anilines is 3. The molecule has 3 heterocycles. The zero-order valence-electron chi connectivity index (χ0n) is 41.7. The van der Waals surface area contributed by atoms with Crippen LogP contribution >= 0.6 is 0 Å². The maximum atomic E-state index is 12.1. The fourth-order valence-corrected chi connectivity index (χ4v) is 10.4. The number of nitrogen functional groups attached to an aromatic ring is 1. The average Bonchev–Trinajstić information content (AvgIpc) is 3.98. The Balaban J connectivity index is 0.000000158. The number of nitrogens with zero attached hydrogens (tertiary/aromatic N) is 5. The Morgan fingerprint density at radius 2 is 1.10 bits per heavy atom. The lowest BCUT2D eigenvalue weighted by Crippen LogP contribution is -2.58. The molecular formula is C55H73N9O5. The van der Waals surface area contributed by atoms with E-state index in [-0.39, 0.29) is 23.0 Å². The van der Waals surface area contributed by atoms with Crippen molar-refractivity contribution >= 4 is 35.0 Å². The molecule has 6 fully saturated rings. The van der Waals surface area contributed by atoms with Gasteiger partial charge in [0.05, 0.1) is 37.5 Å². The standard InChI is InChI=1S/C20H27N3O2.C15H19N3.C12H19NO3.C8H8N2/c1-19(2,3)25-18(24)23-13-20(14-23)9-7-17(12-20)22-16-6-4-5-15(11-16)8-10-21;16-7-5-12-2-1-3-13(8-12)18-14-4-6-15(9-14)10-17-11-15;1-11(2,3)16-10(15)13-7-12(8-13)5-4-9(14)6-12;9-5-4-7-2-1-3-8(10)6-7/h4-6,11,17,22H,7-9,12-14H2,1-3H3;1-3,8,14,17-18H,4-6,9-11H2;4-8H2,1-3H3;1-3,6H,4,10H2. The van der Waals surface area contributed by atoms with Gasteiger partial charge in [-0.2, -0.15) is 15.8 Å². The van der Waals surface area contributed by atoms with Gasteiger partial charge in [-0.05, 0) is 145 Å². The number of nitrogens with one attached hydrogen (secondary N) is 3. The molecule has 0 bridgehead atoms. The first-order valence-corrected chi connectivity index (χ1v) is 24.6. The van der Waals surface area contributed by atoms with E-state index in [1.165, 1.54) is 32.4 Å². The molecule has 368 valence electrons. The summed E-state index contributed by atoms with van der Waals surface area (Å²) in [6.45, 7) is 16.6.